The number of aryl methyl sites for hydroxylation is 2. The predicted molar refractivity (Wildman–Crippen MR) is 123 cm³/mol. The van der Waals surface area contributed by atoms with E-state index in [0.29, 0.717) is 5.56 Å². The molecule has 0 aromatic heterocycles. The van der Waals surface area contributed by atoms with Crippen LogP contribution < -0.4 is 15.5 Å². The molecule has 2 atom stereocenters. The molecule has 6 nitrogen and oxygen atoms in total. The zero-order valence-corrected chi connectivity index (χ0v) is 18.3. The van der Waals surface area contributed by atoms with Crippen LogP contribution in [-0.4, -0.2) is 35.9 Å². The van der Waals surface area contributed by atoms with Gasteiger partial charge in [-0.2, -0.15) is 0 Å². The number of hydrazine groups is 1. The fourth-order valence-corrected chi connectivity index (χ4v) is 3.79. The molecule has 0 saturated carbocycles. The van der Waals surface area contributed by atoms with Crippen molar-refractivity contribution in [2.45, 2.75) is 25.9 Å². The van der Waals surface area contributed by atoms with Crippen molar-refractivity contribution in [2.24, 2.45) is 0 Å². The quantitative estimate of drug-likeness (QED) is 0.613. The van der Waals surface area contributed by atoms with Crippen molar-refractivity contribution in [3.63, 3.8) is 0 Å². The molecule has 2 N–H and O–H groups in total. The summed E-state index contributed by atoms with van der Waals surface area (Å²) in [6.07, 6.45) is 1.90. The molecule has 0 unspecified atom stereocenters. The standard InChI is InChI=1S/C26H25N3O3/c1-17-8-10-20(11-9-17)25(30)27-23-24(19-12-14-22(32-3)15-13-19)29(28-26(23)31)16-21-7-5-4-6-18(21)2/h4-16,23-24H,1-3H3,(H-,27,28,30,31)/p+1/b29-16-/t23-,24+/m1/s1. The van der Waals surface area contributed by atoms with Gasteiger partial charge in [-0.05, 0) is 61.9 Å². The predicted octanol–water partition coefficient (Wildman–Crippen LogP) is 3.33. The summed E-state index contributed by atoms with van der Waals surface area (Å²) in [6.45, 7) is 3.98. The van der Waals surface area contributed by atoms with Crippen LogP contribution in [0.2, 0.25) is 0 Å². The van der Waals surface area contributed by atoms with Crippen LogP contribution in [0.15, 0.2) is 72.8 Å². The molecule has 1 heterocycles. The van der Waals surface area contributed by atoms with Gasteiger partial charge in [0.25, 0.3) is 5.91 Å². The lowest BCUT2D eigenvalue weighted by Gasteiger charge is -2.15. The maximum absolute atomic E-state index is 13.0. The molecule has 1 fully saturated rings. The Bertz CT molecular complexity index is 1170. The summed E-state index contributed by atoms with van der Waals surface area (Å²) < 4.78 is 7.05. The van der Waals surface area contributed by atoms with E-state index in [1.807, 2.05) is 80.7 Å². The fraction of sp³-hybridized carbons (Fsp3) is 0.192. The minimum absolute atomic E-state index is 0.267. The van der Waals surface area contributed by atoms with Gasteiger partial charge >= 0.3 is 5.91 Å². The lowest BCUT2D eigenvalue weighted by atomic mass is 9.99. The summed E-state index contributed by atoms with van der Waals surface area (Å²) in [5.41, 5.74) is 7.44. The van der Waals surface area contributed by atoms with Gasteiger partial charge in [0, 0.05) is 16.7 Å². The highest BCUT2D eigenvalue weighted by Crippen LogP contribution is 2.27. The highest BCUT2D eigenvalue weighted by atomic mass is 16.5. The summed E-state index contributed by atoms with van der Waals surface area (Å²) in [5, 5.41) is 2.93. The first-order chi connectivity index (χ1) is 15.5. The number of carbonyl (C=O) groups is 2. The van der Waals surface area contributed by atoms with Gasteiger partial charge in [-0.3, -0.25) is 9.59 Å². The van der Waals surface area contributed by atoms with Crippen LogP contribution in [0.4, 0.5) is 0 Å². The second-order valence-corrected chi connectivity index (χ2v) is 7.90. The van der Waals surface area contributed by atoms with Gasteiger partial charge in [0.1, 0.15) is 5.75 Å². The van der Waals surface area contributed by atoms with Crippen molar-refractivity contribution in [3.05, 3.63) is 101 Å². The van der Waals surface area contributed by atoms with Crippen LogP contribution in [0.1, 0.15) is 38.7 Å². The average molecular weight is 429 g/mol. The summed E-state index contributed by atoms with van der Waals surface area (Å²) in [7, 11) is 1.61. The fourth-order valence-electron chi connectivity index (χ4n) is 3.79. The van der Waals surface area contributed by atoms with E-state index >= 15 is 0 Å². The molecule has 1 aliphatic rings. The molecule has 2 amide bonds. The minimum Gasteiger partial charge on any atom is -0.497 e. The Balaban J connectivity index is 1.71. The van der Waals surface area contributed by atoms with E-state index in [-0.39, 0.29) is 11.8 Å². The minimum atomic E-state index is -0.766. The van der Waals surface area contributed by atoms with E-state index in [1.54, 1.807) is 23.9 Å². The number of methoxy groups -OCH3 is 1. The van der Waals surface area contributed by atoms with E-state index in [9.17, 15) is 9.59 Å². The highest BCUT2D eigenvalue weighted by molar-refractivity contribution is 5.98. The van der Waals surface area contributed by atoms with Crippen LogP contribution in [-0.2, 0) is 4.79 Å². The average Bonchev–Trinajstić information content (AvgIpc) is 3.10. The van der Waals surface area contributed by atoms with Gasteiger partial charge in [0.2, 0.25) is 12.3 Å². The number of hydrazone groups is 1. The topological polar surface area (TPSA) is 70.4 Å². The molecule has 3 aromatic carbocycles. The number of nitrogens with one attached hydrogen (secondary N) is 2. The van der Waals surface area contributed by atoms with Crippen molar-refractivity contribution in [1.82, 2.24) is 10.7 Å². The number of ether oxygens (including phenoxy) is 1. The Kier molecular flexibility index (Phi) is 6.03. The van der Waals surface area contributed by atoms with Crippen molar-refractivity contribution in [1.29, 1.82) is 0 Å². The van der Waals surface area contributed by atoms with Crippen LogP contribution in [0.3, 0.4) is 0 Å². The molecule has 1 saturated heterocycles. The summed E-state index contributed by atoms with van der Waals surface area (Å²) in [6, 6.07) is 21.5. The first-order valence-electron chi connectivity index (χ1n) is 10.5. The normalized spacial score (nSPS) is 19.0. The number of carbonyl (C=O) groups excluding carboxylic acids is 2. The Morgan fingerprint density at radius 1 is 1.00 bits per heavy atom. The van der Waals surface area contributed by atoms with E-state index in [2.05, 4.69) is 10.7 Å². The van der Waals surface area contributed by atoms with Crippen LogP contribution >= 0.6 is 0 Å². The van der Waals surface area contributed by atoms with E-state index in [4.69, 9.17) is 4.74 Å². The number of benzene rings is 3. The number of hydrogen-bond donors (Lipinski definition) is 2. The lowest BCUT2D eigenvalue weighted by Crippen LogP contribution is -2.42. The third-order valence-electron chi connectivity index (χ3n) is 5.66. The van der Waals surface area contributed by atoms with Gasteiger partial charge in [0.15, 0.2) is 6.04 Å². The Morgan fingerprint density at radius 3 is 2.34 bits per heavy atom. The second kappa shape index (κ2) is 9.06. The van der Waals surface area contributed by atoms with Crippen molar-refractivity contribution in [2.75, 3.05) is 7.11 Å². The van der Waals surface area contributed by atoms with Gasteiger partial charge in [-0.1, -0.05) is 35.9 Å². The molecule has 6 heteroatoms. The van der Waals surface area contributed by atoms with Crippen LogP contribution in [0.25, 0.3) is 0 Å². The van der Waals surface area contributed by atoms with Gasteiger partial charge in [-0.15, -0.1) is 10.1 Å². The molecule has 3 aromatic rings. The summed E-state index contributed by atoms with van der Waals surface area (Å²) in [4.78, 5) is 25.9. The maximum Gasteiger partial charge on any atom is 0.304 e. The van der Waals surface area contributed by atoms with Gasteiger partial charge < -0.3 is 10.1 Å². The Hall–Kier alpha value is -3.93. The molecule has 0 radical (unpaired) electrons. The molecule has 32 heavy (non-hydrogen) atoms. The number of rotatable bonds is 5. The zero-order valence-electron chi connectivity index (χ0n) is 18.3. The molecular formula is C26H26N3O3+. The largest absolute Gasteiger partial charge is 0.497 e. The maximum atomic E-state index is 13.0. The molecule has 0 spiro atoms. The van der Waals surface area contributed by atoms with Crippen molar-refractivity contribution < 1.29 is 19.0 Å². The van der Waals surface area contributed by atoms with Gasteiger partial charge in [-0.25, -0.2) is 0 Å². The first kappa shape index (κ1) is 21.3. The number of hydrogen-bond acceptors (Lipinski definition) is 3. The zero-order chi connectivity index (χ0) is 22.7. The van der Waals surface area contributed by atoms with Crippen LogP contribution in [0, 0.1) is 13.8 Å². The monoisotopic (exact) mass is 428 g/mol. The smallest absolute Gasteiger partial charge is 0.304 e. The van der Waals surface area contributed by atoms with E-state index in [0.717, 1.165) is 28.0 Å². The van der Waals surface area contributed by atoms with Gasteiger partial charge in [0.05, 0.1) is 7.11 Å². The lowest BCUT2D eigenvalue weighted by molar-refractivity contribution is -0.596. The van der Waals surface area contributed by atoms with E-state index < -0.39 is 12.1 Å². The second-order valence-electron chi connectivity index (χ2n) is 7.90. The van der Waals surface area contributed by atoms with Crippen molar-refractivity contribution in [3.8, 4) is 5.75 Å². The van der Waals surface area contributed by atoms with Crippen molar-refractivity contribution >= 4 is 18.0 Å². The SMILES string of the molecule is COc1ccc([C@H]2[C@@H](NC(=O)c3ccc(C)cc3)C(=O)N/[N+]2=C\c2ccccc2C)cc1. The molecule has 0 bridgehead atoms. The van der Waals surface area contributed by atoms with E-state index in [1.165, 1.54) is 0 Å². The summed E-state index contributed by atoms with van der Waals surface area (Å²) in [5.74, 6) is 0.165. The molecule has 4 rings (SSSR count). The third-order valence-corrected chi connectivity index (χ3v) is 5.66. The number of amides is 2. The molecule has 162 valence electrons. The molecular weight excluding hydrogens is 402 g/mol. The number of nitrogens with zero attached hydrogens (tertiary/aromatic N) is 1. The summed E-state index contributed by atoms with van der Waals surface area (Å²) >= 11 is 0. The molecule has 1 aliphatic heterocycles. The molecule has 0 aliphatic carbocycles. The highest BCUT2D eigenvalue weighted by Gasteiger charge is 2.47. The first-order valence-corrected chi connectivity index (χ1v) is 10.5. The Morgan fingerprint density at radius 2 is 1.69 bits per heavy atom. The third kappa shape index (κ3) is 4.39. The Labute approximate surface area is 187 Å². The van der Waals surface area contributed by atoms with Crippen LogP contribution in [0.5, 0.6) is 5.75 Å².